The normalized spacial score (nSPS) is 10.5. The van der Waals surface area contributed by atoms with Crippen molar-refractivity contribution in [2.75, 3.05) is 11.9 Å². The number of hydrogen-bond acceptors (Lipinski definition) is 6. The standard InChI is InChI=1S/C9H10ClN5OS/c1-2-11-8-7(13-14-17-8)5-15-4-6(10)3-12-9(15)16/h3-4,11H,2,5H2,1H3. The lowest BCUT2D eigenvalue weighted by Gasteiger charge is -2.04. The summed E-state index contributed by atoms with van der Waals surface area (Å²) < 4.78 is 5.25. The van der Waals surface area contributed by atoms with Crippen molar-refractivity contribution in [2.45, 2.75) is 13.5 Å². The van der Waals surface area contributed by atoms with Crippen LogP contribution >= 0.6 is 23.1 Å². The average Bonchev–Trinajstić information content (AvgIpc) is 2.72. The molecule has 0 saturated heterocycles. The van der Waals surface area contributed by atoms with Crippen LogP contribution in [0, 0.1) is 0 Å². The molecule has 2 aromatic rings. The highest BCUT2D eigenvalue weighted by atomic mass is 35.5. The smallest absolute Gasteiger partial charge is 0.347 e. The van der Waals surface area contributed by atoms with Crippen molar-refractivity contribution in [3.63, 3.8) is 0 Å². The first-order valence-corrected chi connectivity index (χ1v) is 6.13. The molecule has 0 aromatic carbocycles. The van der Waals surface area contributed by atoms with Gasteiger partial charge >= 0.3 is 5.69 Å². The predicted octanol–water partition coefficient (Wildman–Crippen LogP) is 1.23. The zero-order valence-electron chi connectivity index (χ0n) is 9.05. The second-order valence-electron chi connectivity index (χ2n) is 3.26. The lowest BCUT2D eigenvalue weighted by Crippen LogP contribution is -2.22. The van der Waals surface area contributed by atoms with E-state index in [1.54, 1.807) is 0 Å². The molecule has 0 bridgehead atoms. The summed E-state index contributed by atoms with van der Waals surface area (Å²) in [7, 11) is 0. The Bertz CT molecular complexity index is 567. The van der Waals surface area contributed by atoms with Crippen molar-refractivity contribution in [1.82, 2.24) is 19.1 Å². The summed E-state index contributed by atoms with van der Waals surface area (Å²) in [5, 5.41) is 8.39. The molecule has 8 heteroatoms. The third kappa shape index (κ3) is 2.80. The molecule has 0 atom stereocenters. The number of rotatable bonds is 4. The Kier molecular flexibility index (Phi) is 3.70. The molecule has 0 amide bonds. The maximum atomic E-state index is 11.5. The van der Waals surface area contributed by atoms with Gasteiger partial charge in [-0.1, -0.05) is 16.1 Å². The van der Waals surface area contributed by atoms with Gasteiger partial charge in [0, 0.05) is 24.3 Å². The van der Waals surface area contributed by atoms with Crippen molar-refractivity contribution < 1.29 is 0 Å². The summed E-state index contributed by atoms with van der Waals surface area (Å²) in [6, 6.07) is 0. The van der Waals surface area contributed by atoms with E-state index in [4.69, 9.17) is 11.6 Å². The summed E-state index contributed by atoms with van der Waals surface area (Å²) in [4.78, 5) is 15.1. The van der Waals surface area contributed by atoms with Crippen molar-refractivity contribution in [3.8, 4) is 0 Å². The van der Waals surface area contributed by atoms with Crippen LogP contribution in [0.15, 0.2) is 17.2 Å². The highest BCUT2D eigenvalue weighted by molar-refractivity contribution is 7.10. The molecule has 0 saturated carbocycles. The first-order valence-electron chi connectivity index (χ1n) is 4.97. The summed E-state index contributed by atoms with van der Waals surface area (Å²) in [6.07, 6.45) is 2.86. The van der Waals surface area contributed by atoms with Crippen LogP contribution in [0.2, 0.25) is 5.02 Å². The van der Waals surface area contributed by atoms with Crippen LogP contribution in [-0.4, -0.2) is 25.7 Å². The molecule has 0 fully saturated rings. The van der Waals surface area contributed by atoms with E-state index in [-0.39, 0.29) is 5.69 Å². The topological polar surface area (TPSA) is 72.7 Å². The maximum absolute atomic E-state index is 11.5. The van der Waals surface area contributed by atoms with E-state index in [2.05, 4.69) is 19.9 Å². The van der Waals surface area contributed by atoms with Gasteiger partial charge in [-0.05, 0) is 6.92 Å². The fraction of sp³-hybridized carbons (Fsp3) is 0.333. The second-order valence-corrected chi connectivity index (χ2v) is 4.45. The first-order chi connectivity index (χ1) is 8.20. The van der Waals surface area contributed by atoms with Gasteiger partial charge in [-0.15, -0.1) is 5.10 Å². The quantitative estimate of drug-likeness (QED) is 0.905. The van der Waals surface area contributed by atoms with Crippen molar-refractivity contribution in [2.24, 2.45) is 0 Å². The van der Waals surface area contributed by atoms with Crippen molar-refractivity contribution >= 4 is 28.1 Å². The number of anilines is 1. The van der Waals surface area contributed by atoms with Gasteiger partial charge in [0.25, 0.3) is 0 Å². The molecule has 2 aromatic heterocycles. The van der Waals surface area contributed by atoms with Crippen LogP contribution < -0.4 is 11.0 Å². The van der Waals surface area contributed by atoms with Gasteiger partial charge in [0.15, 0.2) is 0 Å². The molecule has 0 aliphatic carbocycles. The third-order valence-corrected chi connectivity index (χ3v) is 2.96. The summed E-state index contributed by atoms with van der Waals surface area (Å²) in [6.45, 7) is 3.07. The second kappa shape index (κ2) is 5.24. The van der Waals surface area contributed by atoms with Crippen LogP contribution in [0.25, 0.3) is 0 Å². The maximum Gasteiger partial charge on any atom is 0.347 e. The molecule has 0 aliphatic rings. The van der Waals surface area contributed by atoms with Gasteiger partial charge in [-0.25, -0.2) is 9.78 Å². The Balaban J connectivity index is 2.28. The predicted molar refractivity (Wildman–Crippen MR) is 66.7 cm³/mol. The van der Waals surface area contributed by atoms with E-state index in [9.17, 15) is 4.79 Å². The number of aromatic nitrogens is 4. The fourth-order valence-corrected chi connectivity index (χ4v) is 2.12. The van der Waals surface area contributed by atoms with Crippen LogP contribution in [0.3, 0.4) is 0 Å². The fourth-order valence-electron chi connectivity index (χ4n) is 1.31. The molecule has 0 unspecified atom stereocenters. The van der Waals surface area contributed by atoms with Gasteiger partial charge in [0.2, 0.25) is 0 Å². The Morgan fingerprint density at radius 1 is 1.59 bits per heavy atom. The molecule has 2 rings (SSSR count). The van der Waals surface area contributed by atoms with Crippen molar-refractivity contribution in [3.05, 3.63) is 33.6 Å². The zero-order chi connectivity index (χ0) is 12.3. The third-order valence-electron chi connectivity index (χ3n) is 2.04. The minimum atomic E-state index is -0.357. The molecule has 90 valence electrons. The van der Waals surface area contributed by atoms with E-state index in [1.807, 2.05) is 6.92 Å². The molecule has 2 heterocycles. The van der Waals surface area contributed by atoms with Gasteiger partial charge in [-0.2, -0.15) is 0 Å². The summed E-state index contributed by atoms with van der Waals surface area (Å²) in [5.41, 5.74) is 0.355. The lowest BCUT2D eigenvalue weighted by molar-refractivity contribution is 0.708. The first kappa shape index (κ1) is 12.0. The van der Waals surface area contributed by atoms with E-state index < -0.39 is 0 Å². The highest BCUT2D eigenvalue weighted by Gasteiger charge is 2.09. The molecule has 1 N–H and O–H groups in total. The largest absolute Gasteiger partial charge is 0.374 e. The van der Waals surface area contributed by atoms with E-state index >= 15 is 0 Å². The van der Waals surface area contributed by atoms with Gasteiger partial charge in [0.1, 0.15) is 10.7 Å². The number of hydrogen-bond donors (Lipinski definition) is 1. The van der Waals surface area contributed by atoms with Gasteiger partial charge in [0.05, 0.1) is 17.8 Å². The molecule has 0 aliphatic heterocycles. The van der Waals surface area contributed by atoms with E-state index in [0.29, 0.717) is 17.3 Å². The average molecular weight is 272 g/mol. The molecule has 0 radical (unpaired) electrons. The Hall–Kier alpha value is -1.47. The zero-order valence-corrected chi connectivity index (χ0v) is 10.6. The Morgan fingerprint density at radius 2 is 2.41 bits per heavy atom. The van der Waals surface area contributed by atoms with Crippen LogP contribution in [-0.2, 0) is 6.54 Å². The summed E-state index contributed by atoms with van der Waals surface area (Å²) >= 11 is 7.05. The summed E-state index contributed by atoms with van der Waals surface area (Å²) in [5.74, 6) is 0. The molecule has 17 heavy (non-hydrogen) atoms. The lowest BCUT2D eigenvalue weighted by atomic mass is 10.4. The molecule has 0 spiro atoms. The number of halogens is 1. The van der Waals surface area contributed by atoms with Gasteiger partial charge < -0.3 is 5.32 Å². The number of nitrogens with zero attached hydrogens (tertiary/aromatic N) is 4. The number of nitrogens with one attached hydrogen (secondary N) is 1. The van der Waals surface area contributed by atoms with E-state index in [0.717, 1.165) is 11.5 Å². The van der Waals surface area contributed by atoms with E-state index in [1.165, 1.54) is 28.5 Å². The Morgan fingerprint density at radius 3 is 3.18 bits per heavy atom. The monoisotopic (exact) mass is 271 g/mol. The Labute approximate surface area is 106 Å². The van der Waals surface area contributed by atoms with Crippen molar-refractivity contribution in [1.29, 1.82) is 0 Å². The SMILES string of the molecule is CCNc1snnc1Cn1cc(Cl)cnc1=O. The molecule has 6 nitrogen and oxygen atoms in total. The molecular weight excluding hydrogens is 262 g/mol. The van der Waals surface area contributed by atoms with Gasteiger partial charge in [-0.3, -0.25) is 4.57 Å². The highest BCUT2D eigenvalue weighted by Crippen LogP contribution is 2.18. The van der Waals surface area contributed by atoms with Crippen LogP contribution in [0.1, 0.15) is 12.6 Å². The minimum Gasteiger partial charge on any atom is -0.374 e. The minimum absolute atomic E-state index is 0.311. The van der Waals surface area contributed by atoms with Crippen LogP contribution in [0.5, 0.6) is 0 Å². The van der Waals surface area contributed by atoms with Crippen LogP contribution in [0.4, 0.5) is 5.00 Å². The molecular formula is C9H10ClN5OS.